The van der Waals surface area contributed by atoms with Gasteiger partial charge in [0, 0.05) is 20.3 Å². The summed E-state index contributed by atoms with van der Waals surface area (Å²) in [6.45, 7) is 0. The Bertz CT molecular complexity index is 677. The summed E-state index contributed by atoms with van der Waals surface area (Å²) in [5.74, 6) is -0.116. The summed E-state index contributed by atoms with van der Waals surface area (Å²) < 4.78 is 1.57. The summed E-state index contributed by atoms with van der Waals surface area (Å²) in [5.41, 5.74) is 9.22. The monoisotopic (exact) mass is 284 g/mol. The summed E-state index contributed by atoms with van der Waals surface area (Å²) in [6, 6.07) is 8.45. The van der Waals surface area contributed by atoms with Crippen LogP contribution in [0.5, 0.6) is 0 Å². The van der Waals surface area contributed by atoms with Crippen LogP contribution >= 0.6 is 0 Å². The summed E-state index contributed by atoms with van der Waals surface area (Å²) >= 11 is 0. The zero-order valence-corrected chi connectivity index (χ0v) is 12.4. The van der Waals surface area contributed by atoms with E-state index in [9.17, 15) is 4.79 Å². The molecule has 0 spiro atoms. The Morgan fingerprint density at radius 3 is 2.90 bits per heavy atom. The first-order chi connectivity index (χ1) is 10.1. The van der Waals surface area contributed by atoms with Crippen molar-refractivity contribution in [2.75, 3.05) is 12.8 Å². The van der Waals surface area contributed by atoms with E-state index < -0.39 is 0 Å². The van der Waals surface area contributed by atoms with E-state index in [4.69, 9.17) is 5.73 Å². The minimum absolute atomic E-state index is 0.101. The molecule has 1 heterocycles. The number of carbonyl (C=O) groups is 1. The average molecular weight is 284 g/mol. The van der Waals surface area contributed by atoms with Gasteiger partial charge < -0.3 is 10.6 Å². The van der Waals surface area contributed by atoms with Crippen LogP contribution in [-0.4, -0.2) is 27.6 Å². The maximum atomic E-state index is 12.7. The van der Waals surface area contributed by atoms with E-state index >= 15 is 0 Å². The molecule has 3 rings (SSSR count). The van der Waals surface area contributed by atoms with Crippen molar-refractivity contribution < 1.29 is 4.79 Å². The van der Waals surface area contributed by atoms with Gasteiger partial charge in [0.05, 0.1) is 11.7 Å². The van der Waals surface area contributed by atoms with E-state index in [2.05, 4.69) is 23.3 Å². The van der Waals surface area contributed by atoms with E-state index in [0.717, 1.165) is 19.3 Å². The molecule has 5 nitrogen and oxygen atoms in total. The van der Waals surface area contributed by atoms with Gasteiger partial charge in [-0.05, 0) is 30.4 Å². The molecule has 5 heteroatoms. The molecule has 0 aliphatic heterocycles. The molecule has 2 aromatic rings. The molecule has 0 saturated heterocycles. The molecular formula is C16H20N4O. The molecule has 0 radical (unpaired) electrons. The summed E-state index contributed by atoms with van der Waals surface area (Å²) in [5, 5.41) is 4.18. The Balaban J connectivity index is 1.91. The van der Waals surface area contributed by atoms with Gasteiger partial charge >= 0.3 is 0 Å². The highest BCUT2D eigenvalue weighted by atomic mass is 16.2. The molecule has 1 aromatic carbocycles. The fourth-order valence-electron chi connectivity index (χ4n) is 3.11. The fraction of sp³-hybridized carbons (Fsp3) is 0.375. The Morgan fingerprint density at radius 1 is 1.43 bits per heavy atom. The number of nitrogens with two attached hydrogens (primary N) is 1. The first-order valence-corrected chi connectivity index (χ1v) is 7.22. The third kappa shape index (κ3) is 2.39. The Hall–Kier alpha value is -2.30. The van der Waals surface area contributed by atoms with E-state index in [1.165, 1.54) is 11.1 Å². The molecule has 21 heavy (non-hydrogen) atoms. The predicted octanol–water partition coefficient (Wildman–Crippen LogP) is 2.15. The molecular weight excluding hydrogens is 264 g/mol. The number of aryl methyl sites for hydroxylation is 2. The molecule has 1 aromatic heterocycles. The van der Waals surface area contributed by atoms with Gasteiger partial charge in [0.1, 0.15) is 0 Å². The van der Waals surface area contributed by atoms with Crippen LogP contribution in [0.3, 0.4) is 0 Å². The lowest BCUT2D eigenvalue weighted by Crippen LogP contribution is -2.34. The second kappa shape index (κ2) is 5.24. The second-order valence-electron chi connectivity index (χ2n) is 5.63. The van der Waals surface area contributed by atoms with E-state index in [1.54, 1.807) is 22.8 Å². The van der Waals surface area contributed by atoms with Crippen molar-refractivity contribution in [1.29, 1.82) is 0 Å². The van der Waals surface area contributed by atoms with Crippen molar-refractivity contribution in [3.8, 4) is 0 Å². The topological polar surface area (TPSA) is 64.2 Å². The number of nitrogens with zero attached hydrogens (tertiary/aromatic N) is 3. The number of anilines is 1. The van der Waals surface area contributed by atoms with E-state index in [0.29, 0.717) is 11.4 Å². The molecule has 110 valence electrons. The first-order valence-electron chi connectivity index (χ1n) is 7.22. The van der Waals surface area contributed by atoms with Crippen molar-refractivity contribution in [2.24, 2.45) is 7.05 Å². The van der Waals surface area contributed by atoms with Crippen molar-refractivity contribution in [3.63, 3.8) is 0 Å². The normalized spacial score (nSPS) is 17.3. The first kappa shape index (κ1) is 13.7. The standard InChI is InChI=1S/C16H20N4O/c1-19-10-13(17)15(18-19)16(21)20(2)14-9-5-7-11-6-3-4-8-12(11)14/h3-4,6,8,10,14H,5,7,9,17H2,1-2H3. The predicted molar refractivity (Wildman–Crippen MR) is 81.8 cm³/mol. The summed E-state index contributed by atoms with van der Waals surface area (Å²) in [6.07, 6.45) is 4.82. The maximum absolute atomic E-state index is 12.7. The molecule has 1 aliphatic carbocycles. The van der Waals surface area contributed by atoms with Crippen LogP contribution in [0.25, 0.3) is 0 Å². The quantitative estimate of drug-likeness (QED) is 0.919. The molecule has 0 fully saturated rings. The highest BCUT2D eigenvalue weighted by Crippen LogP contribution is 2.34. The smallest absolute Gasteiger partial charge is 0.276 e. The SMILES string of the molecule is CN(C(=O)c1nn(C)cc1N)C1CCCc2ccccc21. The van der Waals surface area contributed by atoms with Gasteiger partial charge in [0.25, 0.3) is 5.91 Å². The van der Waals surface area contributed by atoms with Crippen LogP contribution in [0.2, 0.25) is 0 Å². The number of carbonyl (C=O) groups excluding carboxylic acids is 1. The van der Waals surface area contributed by atoms with Crippen molar-refractivity contribution in [3.05, 3.63) is 47.3 Å². The molecule has 1 amide bonds. The van der Waals surface area contributed by atoms with Gasteiger partial charge in [-0.2, -0.15) is 5.10 Å². The van der Waals surface area contributed by atoms with Crippen LogP contribution in [-0.2, 0) is 13.5 Å². The highest BCUT2D eigenvalue weighted by molar-refractivity contribution is 5.97. The zero-order chi connectivity index (χ0) is 15.0. The van der Waals surface area contributed by atoms with Gasteiger partial charge in [0.15, 0.2) is 5.69 Å². The van der Waals surface area contributed by atoms with E-state index in [1.807, 2.05) is 13.1 Å². The third-order valence-electron chi connectivity index (χ3n) is 4.19. The third-order valence-corrected chi connectivity index (χ3v) is 4.19. The maximum Gasteiger partial charge on any atom is 0.276 e. The molecule has 1 atom stereocenters. The minimum Gasteiger partial charge on any atom is -0.396 e. The number of fused-ring (bicyclic) bond motifs is 1. The molecule has 0 saturated carbocycles. The van der Waals surface area contributed by atoms with Crippen LogP contribution in [0.1, 0.15) is 40.5 Å². The van der Waals surface area contributed by atoms with Gasteiger partial charge in [-0.3, -0.25) is 9.48 Å². The largest absolute Gasteiger partial charge is 0.396 e. The zero-order valence-electron chi connectivity index (χ0n) is 12.4. The number of amides is 1. The van der Waals surface area contributed by atoms with Gasteiger partial charge in [-0.1, -0.05) is 24.3 Å². The molecule has 2 N–H and O–H groups in total. The van der Waals surface area contributed by atoms with Crippen molar-refractivity contribution in [1.82, 2.24) is 14.7 Å². The number of nitrogen functional groups attached to an aromatic ring is 1. The molecule has 1 aliphatic rings. The van der Waals surface area contributed by atoms with E-state index in [-0.39, 0.29) is 11.9 Å². The van der Waals surface area contributed by atoms with Crippen molar-refractivity contribution >= 4 is 11.6 Å². The molecule has 1 unspecified atom stereocenters. The summed E-state index contributed by atoms with van der Waals surface area (Å²) in [4.78, 5) is 14.4. The lowest BCUT2D eigenvalue weighted by atomic mass is 9.87. The number of aromatic nitrogens is 2. The highest BCUT2D eigenvalue weighted by Gasteiger charge is 2.29. The average Bonchev–Trinajstić information content (AvgIpc) is 2.84. The Morgan fingerprint density at radius 2 is 2.19 bits per heavy atom. The van der Waals surface area contributed by atoms with Gasteiger partial charge in [-0.25, -0.2) is 0 Å². The second-order valence-corrected chi connectivity index (χ2v) is 5.63. The number of hydrogen-bond donors (Lipinski definition) is 1. The number of benzene rings is 1. The van der Waals surface area contributed by atoms with Crippen LogP contribution < -0.4 is 5.73 Å². The Labute approximate surface area is 124 Å². The molecule has 0 bridgehead atoms. The number of hydrogen-bond acceptors (Lipinski definition) is 3. The lowest BCUT2D eigenvalue weighted by Gasteiger charge is -2.33. The van der Waals surface area contributed by atoms with Crippen LogP contribution in [0, 0.1) is 0 Å². The minimum atomic E-state index is -0.116. The lowest BCUT2D eigenvalue weighted by molar-refractivity contribution is 0.0709. The van der Waals surface area contributed by atoms with Gasteiger partial charge in [0.2, 0.25) is 0 Å². The summed E-state index contributed by atoms with van der Waals surface area (Å²) in [7, 11) is 3.60. The Kier molecular flexibility index (Phi) is 3.41. The van der Waals surface area contributed by atoms with Crippen LogP contribution in [0.15, 0.2) is 30.5 Å². The van der Waals surface area contributed by atoms with Crippen LogP contribution in [0.4, 0.5) is 5.69 Å². The number of rotatable bonds is 2. The van der Waals surface area contributed by atoms with Gasteiger partial charge in [-0.15, -0.1) is 0 Å². The van der Waals surface area contributed by atoms with Crippen molar-refractivity contribution in [2.45, 2.75) is 25.3 Å². The fourth-order valence-corrected chi connectivity index (χ4v) is 3.11.